The van der Waals surface area contributed by atoms with E-state index in [-0.39, 0.29) is 29.7 Å². The zero-order valence-electron chi connectivity index (χ0n) is 20.4. The number of benzene rings is 1. The predicted octanol–water partition coefficient (Wildman–Crippen LogP) is 2.91. The summed E-state index contributed by atoms with van der Waals surface area (Å²) >= 11 is 1.62. The maximum absolute atomic E-state index is 13.4. The molecule has 1 N–H and O–H groups in total. The summed E-state index contributed by atoms with van der Waals surface area (Å²) in [6.07, 6.45) is 1.63. The molecule has 188 valence electrons. The number of likely N-dealkylation sites (N-methyl/N-ethyl adjacent to an activating group) is 1. The summed E-state index contributed by atoms with van der Waals surface area (Å²) in [5, 5.41) is 3.00. The third-order valence-corrected chi connectivity index (χ3v) is 8.12. The zero-order valence-corrected chi connectivity index (χ0v) is 22.0. The number of thiazole rings is 1. The van der Waals surface area contributed by atoms with E-state index in [0.29, 0.717) is 36.7 Å². The normalized spacial score (nSPS) is 22.9. The van der Waals surface area contributed by atoms with E-state index < -0.39 is 10.0 Å². The fraction of sp³-hybridized carbons (Fsp3) is 0.565. The molecule has 0 spiro atoms. The van der Waals surface area contributed by atoms with Crippen LogP contribution in [-0.2, 0) is 21.3 Å². The Labute approximate surface area is 206 Å². The van der Waals surface area contributed by atoms with Crippen LogP contribution < -0.4 is 9.46 Å². The Bertz CT molecular complexity index is 1060. The van der Waals surface area contributed by atoms with Crippen LogP contribution >= 0.6 is 11.3 Å². The van der Waals surface area contributed by atoms with Gasteiger partial charge in [-0.05, 0) is 38.0 Å². The zero-order chi connectivity index (χ0) is 24.9. The predicted molar refractivity (Wildman–Crippen MR) is 134 cm³/mol. The number of ether oxygens (including phenoxy) is 2. The minimum atomic E-state index is -3.48. The molecule has 0 bridgehead atoms. The lowest BCUT2D eigenvalue weighted by Gasteiger charge is -2.35. The molecule has 1 aromatic carbocycles. The van der Waals surface area contributed by atoms with Gasteiger partial charge in [0.25, 0.3) is 5.91 Å². The molecule has 0 radical (unpaired) electrons. The van der Waals surface area contributed by atoms with E-state index in [0.717, 1.165) is 11.6 Å². The molecule has 34 heavy (non-hydrogen) atoms. The number of amides is 1. The number of fused-ring (bicyclic) bond motifs is 1. The lowest BCUT2D eigenvalue weighted by atomic mass is 10.0. The summed E-state index contributed by atoms with van der Waals surface area (Å²) in [6, 6.07) is 4.84. The topological polar surface area (TPSA) is 101 Å². The molecule has 0 unspecified atom stereocenters. The summed E-state index contributed by atoms with van der Waals surface area (Å²) < 4.78 is 38.5. The Kier molecular flexibility index (Phi) is 8.91. The molecule has 1 aliphatic rings. The van der Waals surface area contributed by atoms with Gasteiger partial charge < -0.3 is 14.4 Å². The van der Waals surface area contributed by atoms with Crippen molar-refractivity contribution >= 4 is 33.0 Å². The average molecular weight is 511 g/mol. The largest absolute Gasteiger partial charge is 0.491 e. The molecule has 2 aromatic rings. The Balaban J connectivity index is 1.95. The van der Waals surface area contributed by atoms with Crippen molar-refractivity contribution in [2.24, 2.45) is 5.92 Å². The fourth-order valence-electron chi connectivity index (χ4n) is 3.89. The first-order chi connectivity index (χ1) is 16.1. The van der Waals surface area contributed by atoms with Crippen LogP contribution in [-0.4, -0.2) is 80.9 Å². The van der Waals surface area contributed by atoms with Crippen LogP contribution in [0.2, 0.25) is 0 Å². The van der Waals surface area contributed by atoms with Gasteiger partial charge in [0.05, 0.1) is 24.0 Å². The van der Waals surface area contributed by atoms with E-state index in [9.17, 15) is 13.2 Å². The van der Waals surface area contributed by atoms with Gasteiger partial charge in [0, 0.05) is 50.6 Å². The number of hydrogen-bond acceptors (Lipinski definition) is 8. The quantitative estimate of drug-likeness (QED) is 0.638. The lowest BCUT2D eigenvalue weighted by molar-refractivity contribution is 0.00921. The summed E-state index contributed by atoms with van der Waals surface area (Å²) in [5.41, 5.74) is 0.633. The van der Waals surface area contributed by atoms with Crippen molar-refractivity contribution in [2.75, 3.05) is 44.3 Å². The van der Waals surface area contributed by atoms with Crippen LogP contribution in [0.1, 0.15) is 36.1 Å². The standard InChI is InChI=1S/C23H34N4O5S2/c1-6-34(29,30)25-18-7-8-20-19(11-18)23(28)26(4)13-21(31-5)16(2)12-27(17(3)15-32-20)14-22-24-9-10-33-22/h7-11,16-17,21,25H,6,12-15H2,1-5H3/t16-,17-,21+/m0/s1. The lowest BCUT2D eigenvalue weighted by Crippen LogP contribution is -2.46. The molecule has 0 fully saturated rings. The smallest absolute Gasteiger partial charge is 0.257 e. The molecule has 11 heteroatoms. The van der Waals surface area contributed by atoms with Crippen LogP contribution in [0.15, 0.2) is 29.8 Å². The van der Waals surface area contributed by atoms with Gasteiger partial charge in [-0.3, -0.25) is 14.4 Å². The minimum absolute atomic E-state index is 0.0437. The molecular formula is C23H34N4O5S2. The van der Waals surface area contributed by atoms with Gasteiger partial charge in [0.2, 0.25) is 10.0 Å². The van der Waals surface area contributed by atoms with Gasteiger partial charge in [0.1, 0.15) is 17.4 Å². The third kappa shape index (κ3) is 6.68. The van der Waals surface area contributed by atoms with E-state index in [1.54, 1.807) is 55.6 Å². The summed E-state index contributed by atoms with van der Waals surface area (Å²) in [5.74, 6) is 0.243. The van der Waals surface area contributed by atoms with E-state index in [4.69, 9.17) is 9.47 Å². The number of carbonyl (C=O) groups is 1. The summed E-state index contributed by atoms with van der Waals surface area (Å²) in [6.45, 7) is 7.97. The third-order valence-electron chi connectivity index (χ3n) is 6.05. The molecule has 9 nitrogen and oxygen atoms in total. The summed E-state index contributed by atoms with van der Waals surface area (Å²) in [7, 11) is -0.0994. The molecule has 3 rings (SSSR count). The Morgan fingerprint density at radius 2 is 2.06 bits per heavy atom. The van der Waals surface area contributed by atoms with Crippen molar-refractivity contribution in [3.63, 3.8) is 0 Å². The highest BCUT2D eigenvalue weighted by Crippen LogP contribution is 2.27. The highest BCUT2D eigenvalue weighted by molar-refractivity contribution is 7.92. The van der Waals surface area contributed by atoms with Gasteiger partial charge in [-0.2, -0.15) is 0 Å². The number of rotatable bonds is 6. The van der Waals surface area contributed by atoms with Crippen molar-refractivity contribution in [3.05, 3.63) is 40.3 Å². The first-order valence-corrected chi connectivity index (χ1v) is 13.8. The summed E-state index contributed by atoms with van der Waals surface area (Å²) in [4.78, 5) is 21.7. The molecule has 0 saturated carbocycles. The second-order valence-corrected chi connectivity index (χ2v) is 11.7. The minimum Gasteiger partial charge on any atom is -0.491 e. The second-order valence-electron chi connectivity index (χ2n) is 8.67. The van der Waals surface area contributed by atoms with E-state index in [2.05, 4.69) is 28.5 Å². The monoisotopic (exact) mass is 510 g/mol. The van der Waals surface area contributed by atoms with Crippen LogP contribution in [0.4, 0.5) is 5.69 Å². The number of methoxy groups -OCH3 is 1. The molecule has 1 aliphatic heterocycles. The van der Waals surface area contributed by atoms with E-state index in [1.165, 1.54) is 6.07 Å². The SMILES string of the molecule is CCS(=O)(=O)Nc1ccc2c(c1)C(=O)N(C)C[C@@H](OC)[C@@H](C)CN(Cc1nccs1)[C@@H](C)CO2. The van der Waals surface area contributed by atoms with Crippen molar-refractivity contribution in [1.29, 1.82) is 0 Å². The Hall–Kier alpha value is -2.21. The Morgan fingerprint density at radius 1 is 1.29 bits per heavy atom. The number of aromatic nitrogens is 1. The maximum atomic E-state index is 13.4. The number of hydrogen-bond donors (Lipinski definition) is 1. The number of sulfonamides is 1. The maximum Gasteiger partial charge on any atom is 0.257 e. The number of carbonyl (C=O) groups excluding carboxylic acids is 1. The van der Waals surface area contributed by atoms with Crippen molar-refractivity contribution in [3.8, 4) is 5.75 Å². The Morgan fingerprint density at radius 3 is 2.71 bits per heavy atom. The molecule has 0 saturated heterocycles. The molecule has 1 amide bonds. The van der Waals surface area contributed by atoms with Crippen LogP contribution in [0.3, 0.4) is 0 Å². The van der Waals surface area contributed by atoms with E-state index >= 15 is 0 Å². The van der Waals surface area contributed by atoms with Gasteiger partial charge in [-0.1, -0.05) is 6.92 Å². The number of nitrogens with zero attached hydrogens (tertiary/aromatic N) is 3. The molecule has 0 aliphatic carbocycles. The van der Waals surface area contributed by atoms with Crippen molar-refractivity contribution in [1.82, 2.24) is 14.8 Å². The van der Waals surface area contributed by atoms with Crippen LogP contribution in [0, 0.1) is 5.92 Å². The van der Waals surface area contributed by atoms with Crippen LogP contribution in [0.5, 0.6) is 5.75 Å². The molecular weight excluding hydrogens is 476 g/mol. The second kappa shape index (κ2) is 11.5. The highest BCUT2D eigenvalue weighted by atomic mass is 32.2. The average Bonchev–Trinajstić information content (AvgIpc) is 3.32. The first-order valence-electron chi connectivity index (χ1n) is 11.3. The van der Waals surface area contributed by atoms with Crippen molar-refractivity contribution in [2.45, 2.75) is 39.5 Å². The molecule has 3 atom stereocenters. The highest BCUT2D eigenvalue weighted by Gasteiger charge is 2.29. The van der Waals surface area contributed by atoms with Crippen LogP contribution in [0.25, 0.3) is 0 Å². The molecule has 1 aromatic heterocycles. The number of anilines is 1. The fourth-order valence-corrected chi connectivity index (χ4v) is 5.16. The van der Waals surface area contributed by atoms with Gasteiger partial charge in [-0.25, -0.2) is 13.4 Å². The number of nitrogens with one attached hydrogen (secondary N) is 1. The van der Waals surface area contributed by atoms with Crippen molar-refractivity contribution < 1.29 is 22.7 Å². The first kappa shape index (κ1) is 26.4. The van der Waals surface area contributed by atoms with Gasteiger partial charge in [0.15, 0.2) is 0 Å². The van der Waals surface area contributed by atoms with E-state index in [1.807, 2.05) is 5.38 Å². The van der Waals surface area contributed by atoms with Gasteiger partial charge >= 0.3 is 0 Å². The van der Waals surface area contributed by atoms with Gasteiger partial charge in [-0.15, -0.1) is 11.3 Å². The molecule has 2 heterocycles.